The smallest absolute Gasteiger partial charge is 0.165 e. The summed E-state index contributed by atoms with van der Waals surface area (Å²) in [5.41, 5.74) is 1.64. The summed E-state index contributed by atoms with van der Waals surface area (Å²) in [5.74, 6) is 1.83. The summed E-state index contributed by atoms with van der Waals surface area (Å²) < 4.78 is 31.1. The van der Waals surface area contributed by atoms with E-state index in [0.29, 0.717) is 37.0 Å². The maximum atomic E-state index is 14.0. The molecule has 1 spiro atoms. The van der Waals surface area contributed by atoms with Crippen LogP contribution in [-0.2, 0) is 5.41 Å². The Balaban J connectivity index is 1.73. The van der Waals surface area contributed by atoms with Crippen molar-refractivity contribution in [3.63, 3.8) is 0 Å². The molecule has 22 heavy (non-hydrogen) atoms. The van der Waals surface area contributed by atoms with Crippen molar-refractivity contribution in [1.82, 2.24) is 0 Å². The van der Waals surface area contributed by atoms with E-state index in [-0.39, 0.29) is 5.82 Å². The van der Waals surface area contributed by atoms with Gasteiger partial charge in [0.2, 0.25) is 0 Å². The van der Waals surface area contributed by atoms with Crippen molar-refractivity contribution in [2.45, 2.75) is 5.41 Å². The van der Waals surface area contributed by atoms with Gasteiger partial charge in [0.15, 0.2) is 11.5 Å². The van der Waals surface area contributed by atoms with Gasteiger partial charge in [0, 0.05) is 23.4 Å². The molecule has 0 saturated heterocycles. The second-order valence-electron chi connectivity index (χ2n) is 5.65. The second-order valence-corrected chi connectivity index (χ2v) is 5.65. The van der Waals surface area contributed by atoms with E-state index >= 15 is 0 Å². The normalized spacial score (nSPS) is 23.3. The molecule has 110 valence electrons. The third-order valence-corrected chi connectivity index (χ3v) is 4.46. The summed E-state index contributed by atoms with van der Waals surface area (Å²) in [6, 6.07) is 8.82. The number of para-hydroxylation sites is 1. The van der Waals surface area contributed by atoms with Crippen LogP contribution in [0.15, 0.2) is 35.3 Å². The minimum absolute atomic E-state index is 0.309. The number of ether oxygens (including phenoxy) is 3. The van der Waals surface area contributed by atoms with E-state index in [4.69, 9.17) is 14.2 Å². The number of nitrogens with zero attached hydrogens (tertiary/aromatic N) is 1. The summed E-state index contributed by atoms with van der Waals surface area (Å²) in [6.07, 6.45) is 1.78. The monoisotopic (exact) mass is 297 g/mol. The van der Waals surface area contributed by atoms with Crippen LogP contribution in [0.2, 0.25) is 0 Å². The van der Waals surface area contributed by atoms with E-state index in [2.05, 4.69) is 4.99 Å². The van der Waals surface area contributed by atoms with Gasteiger partial charge in [-0.05, 0) is 12.1 Å². The Bertz CT molecular complexity index is 833. The maximum Gasteiger partial charge on any atom is 0.165 e. The number of hydrogen-bond acceptors (Lipinski definition) is 4. The van der Waals surface area contributed by atoms with Crippen LogP contribution in [0.25, 0.3) is 0 Å². The van der Waals surface area contributed by atoms with Crippen molar-refractivity contribution >= 4 is 11.9 Å². The fraction of sp³-hybridized carbons (Fsp3) is 0.235. The molecule has 3 heterocycles. The molecule has 2 aromatic rings. The number of fused-ring (bicyclic) bond motifs is 5. The highest BCUT2D eigenvalue weighted by Crippen LogP contribution is 2.52. The third-order valence-electron chi connectivity index (χ3n) is 4.46. The van der Waals surface area contributed by atoms with Crippen LogP contribution in [0.5, 0.6) is 17.2 Å². The van der Waals surface area contributed by atoms with E-state index < -0.39 is 5.41 Å². The predicted octanol–water partition coefficient (Wildman–Crippen LogP) is 2.99. The summed E-state index contributed by atoms with van der Waals surface area (Å²) in [4.78, 5) is 4.29. The predicted molar refractivity (Wildman–Crippen MR) is 78.3 cm³/mol. The summed E-state index contributed by atoms with van der Waals surface area (Å²) in [5, 5.41) is 0. The molecule has 0 saturated carbocycles. The van der Waals surface area contributed by atoms with Crippen LogP contribution >= 0.6 is 0 Å². The molecule has 0 aromatic heterocycles. The number of benzene rings is 2. The zero-order valence-corrected chi connectivity index (χ0v) is 11.6. The van der Waals surface area contributed by atoms with Crippen molar-refractivity contribution in [3.8, 4) is 17.2 Å². The molecule has 2 aromatic carbocycles. The molecule has 1 atom stereocenters. The Labute approximate surface area is 126 Å². The van der Waals surface area contributed by atoms with E-state index in [1.807, 2.05) is 18.2 Å². The molecule has 5 rings (SSSR count). The lowest BCUT2D eigenvalue weighted by molar-refractivity contribution is 0.171. The molecule has 4 nitrogen and oxygen atoms in total. The average Bonchev–Trinajstić information content (AvgIpc) is 3.10. The van der Waals surface area contributed by atoms with Crippen LogP contribution in [0.3, 0.4) is 0 Å². The molecule has 3 aliphatic heterocycles. The Morgan fingerprint density at radius 2 is 1.77 bits per heavy atom. The SMILES string of the molecule is Fc1cccc2c1N=CC21COc2cc3c(cc21)OCCO3. The number of hydrogen-bond donors (Lipinski definition) is 0. The first-order valence-electron chi connectivity index (χ1n) is 7.19. The Morgan fingerprint density at radius 1 is 0.955 bits per heavy atom. The van der Waals surface area contributed by atoms with Gasteiger partial charge in [-0.2, -0.15) is 0 Å². The second kappa shape index (κ2) is 4.00. The highest BCUT2D eigenvalue weighted by molar-refractivity contribution is 5.91. The van der Waals surface area contributed by atoms with Gasteiger partial charge in [0.25, 0.3) is 0 Å². The fourth-order valence-electron chi connectivity index (χ4n) is 3.39. The molecule has 1 unspecified atom stereocenters. The first-order valence-corrected chi connectivity index (χ1v) is 7.19. The van der Waals surface area contributed by atoms with Gasteiger partial charge in [-0.25, -0.2) is 4.39 Å². The molecule has 0 radical (unpaired) electrons. The molecule has 0 bridgehead atoms. The zero-order valence-electron chi connectivity index (χ0n) is 11.6. The molecule has 3 aliphatic rings. The van der Waals surface area contributed by atoms with E-state index in [1.165, 1.54) is 6.07 Å². The molecule has 5 heteroatoms. The highest BCUT2D eigenvalue weighted by atomic mass is 19.1. The van der Waals surface area contributed by atoms with Crippen LogP contribution in [0.4, 0.5) is 10.1 Å². The zero-order chi connectivity index (χ0) is 14.7. The van der Waals surface area contributed by atoms with Crippen LogP contribution in [0.1, 0.15) is 11.1 Å². The molecule has 0 aliphatic carbocycles. The molecule has 0 N–H and O–H groups in total. The fourth-order valence-corrected chi connectivity index (χ4v) is 3.39. The minimum atomic E-state index is -0.539. The van der Waals surface area contributed by atoms with E-state index in [9.17, 15) is 4.39 Å². The number of aliphatic imine (C=N–C) groups is 1. The summed E-state index contributed by atoms with van der Waals surface area (Å²) in [6.45, 7) is 1.47. The van der Waals surface area contributed by atoms with Gasteiger partial charge >= 0.3 is 0 Å². The lowest BCUT2D eigenvalue weighted by Crippen LogP contribution is -2.29. The molecular formula is C17H12FNO3. The molecule has 0 fully saturated rings. The van der Waals surface area contributed by atoms with Crippen molar-refractivity contribution < 1.29 is 18.6 Å². The van der Waals surface area contributed by atoms with Gasteiger partial charge < -0.3 is 14.2 Å². The first kappa shape index (κ1) is 12.0. The summed E-state index contributed by atoms with van der Waals surface area (Å²) >= 11 is 0. The molecular weight excluding hydrogens is 285 g/mol. The molecule has 0 amide bonds. The largest absolute Gasteiger partial charge is 0.491 e. The van der Waals surface area contributed by atoms with E-state index in [1.54, 1.807) is 12.3 Å². The average molecular weight is 297 g/mol. The van der Waals surface area contributed by atoms with Crippen molar-refractivity contribution in [2.24, 2.45) is 4.99 Å². The highest BCUT2D eigenvalue weighted by Gasteiger charge is 2.46. The lowest BCUT2D eigenvalue weighted by atomic mass is 9.78. The lowest BCUT2D eigenvalue weighted by Gasteiger charge is -2.23. The minimum Gasteiger partial charge on any atom is -0.491 e. The first-order chi connectivity index (χ1) is 10.8. The van der Waals surface area contributed by atoms with Gasteiger partial charge in [-0.3, -0.25) is 4.99 Å². The van der Waals surface area contributed by atoms with Crippen LogP contribution < -0.4 is 14.2 Å². The Kier molecular flexibility index (Phi) is 2.19. The third kappa shape index (κ3) is 1.38. The quantitative estimate of drug-likeness (QED) is 0.750. The van der Waals surface area contributed by atoms with E-state index in [0.717, 1.165) is 16.9 Å². The van der Waals surface area contributed by atoms with Crippen LogP contribution in [-0.4, -0.2) is 26.0 Å². The van der Waals surface area contributed by atoms with Gasteiger partial charge in [0.05, 0.1) is 5.41 Å². The maximum absolute atomic E-state index is 14.0. The van der Waals surface area contributed by atoms with Gasteiger partial charge in [0.1, 0.15) is 37.1 Å². The van der Waals surface area contributed by atoms with Crippen molar-refractivity contribution in [1.29, 1.82) is 0 Å². The van der Waals surface area contributed by atoms with Crippen molar-refractivity contribution in [3.05, 3.63) is 47.3 Å². The Hall–Kier alpha value is -2.56. The van der Waals surface area contributed by atoms with Gasteiger partial charge in [-0.15, -0.1) is 0 Å². The standard InChI is InChI=1S/C17H12FNO3/c18-12-3-1-2-10-16(12)19-8-17(10)9-22-13-7-15-14(6-11(13)17)20-4-5-21-15/h1-3,6-8H,4-5,9H2. The van der Waals surface area contributed by atoms with Crippen molar-refractivity contribution in [2.75, 3.05) is 19.8 Å². The summed E-state index contributed by atoms with van der Waals surface area (Å²) in [7, 11) is 0. The van der Waals surface area contributed by atoms with Crippen LogP contribution in [0, 0.1) is 5.82 Å². The number of rotatable bonds is 0. The Morgan fingerprint density at radius 3 is 2.64 bits per heavy atom. The topological polar surface area (TPSA) is 40.0 Å². The number of halogens is 1. The van der Waals surface area contributed by atoms with Gasteiger partial charge in [-0.1, -0.05) is 12.1 Å².